The van der Waals surface area contributed by atoms with Crippen LogP contribution in [0, 0.1) is 45.3 Å². The second-order valence-corrected chi connectivity index (χ2v) is 16.7. The molecule has 0 bridgehead atoms. The van der Waals surface area contributed by atoms with Crippen LogP contribution < -0.4 is 0 Å². The molecule has 0 aliphatic heterocycles. The zero-order valence-electron chi connectivity index (χ0n) is 36.9. The van der Waals surface area contributed by atoms with Crippen LogP contribution in [-0.2, 0) is 0 Å². The summed E-state index contributed by atoms with van der Waals surface area (Å²) in [6, 6.07) is 70.0. The number of fused-ring (bicyclic) bond motifs is 6. The summed E-state index contributed by atoms with van der Waals surface area (Å²) in [5.41, 5.74) is 10.7. The van der Waals surface area contributed by atoms with Crippen molar-refractivity contribution in [3.8, 4) is 92.2 Å². The third-order valence-corrected chi connectivity index (χ3v) is 12.7. The van der Waals surface area contributed by atoms with Crippen LogP contribution >= 0.6 is 0 Å². The summed E-state index contributed by atoms with van der Waals surface area (Å²) in [5, 5.41) is 45.6. The number of hydrogen-bond donors (Lipinski definition) is 0. The van der Waals surface area contributed by atoms with Crippen molar-refractivity contribution in [2.45, 2.75) is 0 Å². The Bertz CT molecular complexity index is 4150. The smallest absolute Gasteiger partial charge is 0.164 e. The number of para-hydroxylation sites is 3. The largest absolute Gasteiger partial charge is 0.309 e. The van der Waals surface area contributed by atoms with Crippen molar-refractivity contribution in [2.24, 2.45) is 0 Å². The van der Waals surface area contributed by atoms with E-state index in [-0.39, 0.29) is 16.7 Å². The second-order valence-electron chi connectivity index (χ2n) is 16.7. The maximum absolute atomic E-state index is 11.4. The van der Waals surface area contributed by atoms with E-state index in [9.17, 15) is 21.0 Å². The second kappa shape index (κ2) is 16.7. The van der Waals surface area contributed by atoms with Crippen molar-refractivity contribution in [2.75, 3.05) is 0 Å². The molecule has 0 unspecified atom stereocenters. The summed E-state index contributed by atoms with van der Waals surface area (Å²) < 4.78 is 4.33. The Hall–Kier alpha value is -10.5. The third kappa shape index (κ3) is 6.70. The van der Waals surface area contributed by atoms with E-state index in [1.807, 2.05) is 133 Å². The van der Waals surface area contributed by atoms with Crippen molar-refractivity contribution < 1.29 is 0 Å². The Morgan fingerprint density at radius 2 is 0.871 bits per heavy atom. The van der Waals surface area contributed by atoms with Gasteiger partial charge in [-0.15, -0.1) is 0 Å². The highest BCUT2D eigenvalue weighted by Gasteiger charge is 2.25. The average Bonchev–Trinajstić information content (AvgIpc) is 3.95. The van der Waals surface area contributed by atoms with Crippen LogP contribution in [0.1, 0.15) is 22.3 Å². The van der Waals surface area contributed by atoms with Gasteiger partial charge in [-0.1, -0.05) is 121 Å². The zero-order chi connectivity index (χ0) is 47.3. The molecule has 0 N–H and O–H groups in total. The number of benzene rings is 8. The van der Waals surface area contributed by atoms with Crippen LogP contribution in [0.2, 0.25) is 0 Å². The Balaban J connectivity index is 1.15. The molecule has 4 heterocycles. The molecule has 0 radical (unpaired) electrons. The Kier molecular flexibility index (Phi) is 9.78. The Labute approximate surface area is 400 Å². The molecule has 0 fully saturated rings. The van der Waals surface area contributed by atoms with Gasteiger partial charge in [-0.2, -0.15) is 21.0 Å². The van der Waals surface area contributed by atoms with Crippen molar-refractivity contribution in [1.82, 2.24) is 29.1 Å². The summed E-state index contributed by atoms with van der Waals surface area (Å²) in [4.78, 5) is 20.2. The lowest BCUT2D eigenvalue weighted by Gasteiger charge is -2.18. The van der Waals surface area contributed by atoms with Crippen molar-refractivity contribution in [3.63, 3.8) is 0 Å². The minimum absolute atomic E-state index is 0.224. The topological polar surface area (TPSA) is 157 Å². The van der Waals surface area contributed by atoms with Crippen molar-refractivity contribution in [1.29, 1.82) is 21.0 Å². The van der Waals surface area contributed by atoms with E-state index >= 15 is 0 Å². The van der Waals surface area contributed by atoms with Gasteiger partial charge in [0.15, 0.2) is 17.5 Å². The highest BCUT2D eigenvalue weighted by atomic mass is 15.0. The van der Waals surface area contributed by atoms with E-state index in [0.717, 1.165) is 60.4 Å². The van der Waals surface area contributed by atoms with Crippen molar-refractivity contribution >= 4 is 43.6 Å². The van der Waals surface area contributed by atoms with E-state index in [1.165, 1.54) is 12.1 Å². The Morgan fingerprint density at radius 1 is 0.371 bits per heavy atom. The molecule has 8 aromatic carbocycles. The standard InChI is InChI=1S/C60H32N10/c61-33-37-27-42(34-62)56(43(28-37)35-63)40-23-24-55-49(30-40)48-19-9-12-22-54(48)70(55)57-44(36-64)29-41(60-67-58(38-13-3-1-4-14-38)66-59(68-60)39-15-5-2-6-16-39)31-50(57)51-32-45(25-26-65-51)69-52-20-10-7-17-46(52)47-18-8-11-21-53(47)69/h1-32H. The fourth-order valence-electron chi connectivity index (χ4n) is 9.69. The van der Waals surface area contributed by atoms with Gasteiger partial charge in [0.25, 0.3) is 0 Å². The first-order valence-electron chi connectivity index (χ1n) is 22.4. The van der Waals surface area contributed by atoms with Crippen molar-refractivity contribution in [3.05, 3.63) is 217 Å². The van der Waals surface area contributed by atoms with E-state index in [4.69, 9.17) is 19.9 Å². The first kappa shape index (κ1) is 40.9. The first-order chi connectivity index (χ1) is 34.5. The summed E-state index contributed by atoms with van der Waals surface area (Å²) in [7, 11) is 0. The fraction of sp³-hybridized carbons (Fsp3) is 0. The molecule has 0 aliphatic rings. The maximum Gasteiger partial charge on any atom is 0.164 e. The molecule has 0 saturated carbocycles. The number of nitrogens with zero attached hydrogens (tertiary/aromatic N) is 10. The zero-order valence-corrected chi connectivity index (χ0v) is 36.9. The lowest BCUT2D eigenvalue weighted by molar-refractivity contribution is 1.07. The van der Waals surface area contributed by atoms with Crippen LogP contribution in [0.25, 0.3) is 112 Å². The van der Waals surface area contributed by atoms with Gasteiger partial charge in [0.2, 0.25) is 0 Å². The van der Waals surface area contributed by atoms with Crippen LogP contribution in [0.3, 0.4) is 0 Å². The van der Waals surface area contributed by atoms with Gasteiger partial charge >= 0.3 is 0 Å². The van der Waals surface area contributed by atoms with Gasteiger partial charge in [0, 0.05) is 61.2 Å². The lowest BCUT2D eigenvalue weighted by atomic mass is 9.92. The van der Waals surface area contributed by atoms with Crippen LogP contribution in [-0.4, -0.2) is 29.1 Å². The van der Waals surface area contributed by atoms with Crippen LogP contribution in [0.15, 0.2) is 194 Å². The lowest BCUT2D eigenvalue weighted by Crippen LogP contribution is -2.05. The maximum atomic E-state index is 11.4. The normalized spacial score (nSPS) is 11.1. The molecule has 0 aliphatic carbocycles. The number of nitriles is 4. The predicted molar refractivity (Wildman–Crippen MR) is 272 cm³/mol. The monoisotopic (exact) mass is 892 g/mol. The Morgan fingerprint density at radius 3 is 1.43 bits per heavy atom. The molecule has 12 rings (SSSR count). The molecule has 0 amide bonds. The van der Waals surface area contributed by atoms with E-state index in [1.54, 1.807) is 6.20 Å². The van der Waals surface area contributed by atoms with Gasteiger partial charge in [0.1, 0.15) is 6.07 Å². The third-order valence-electron chi connectivity index (χ3n) is 12.7. The molecule has 4 aromatic heterocycles. The summed E-state index contributed by atoms with van der Waals surface area (Å²) >= 11 is 0. The minimum Gasteiger partial charge on any atom is -0.309 e. The molecule has 322 valence electrons. The van der Waals surface area contributed by atoms with Gasteiger partial charge in [-0.3, -0.25) is 4.98 Å². The molecular formula is C60H32N10. The molecule has 0 spiro atoms. The van der Waals surface area contributed by atoms with Crippen LogP contribution in [0.5, 0.6) is 0 Å². The van der Waals surface area contributed by atoms with E-state index in [0.29, 0.717) is 56.7 Å². The van der Waals surface area contributed by atoms with Gasteiger partial charge in [-0.25, -0.2) is 15.0 Å². The first-order valence-corrected chi connectivity index (χ1v) is 22.4. The molecular weight excluding hydrogens is 861 g/mol. The van der Waals surface area contributed by atoms with Gasteiger partial charge in [-0.05, 0) is 72.3 Å². The van der Waals surface area contributed by atoms with Crippen LogP contribution in [0.4, 0.5) is 0 Å². The van der Waals surface area contributed by atoms with E-state index < -0.39 is 0 Å². The summed E-state index contributed by atoms with van der Waals surface area (Å²) in [6.45, 7) is 0. The number of rotatable bonds is 7. The summed E-state index contributed by atoms with van der Waals surface area (Å²) in [6.07, 6.45) is 1.80. The van der Waals surface area contributed by atoms with Gasteiger partial charge in [0.05, 0.1) is 73.9 Å². The highest BCUT2D eigenvalue weighted by molar-refractivity contribution is 6.12. The number of aromatic nitrogens is 6. The number of hydrogen-bond acceptors (Lipinski definition) is 8. The minimum atomic E-state index is 0.224. The molecule has 0 atom stereocenters. The molecule has 10 heteroatoms. The summed E-state index contributed by atoms with van der Waals surface area (Å²) in [5.74, 6) is 1.35. The SMILES string of the molecule is N#Cc1cc(C#N)c(-c2ccc3c(c2)c2ccccc2n3-c2c(C#N)cc(-c3nc(-c4ccccc4)nc(-c4ccccc4)n3)cc2-c2cc(-n3c4ccccc4c4ccccc43)ccn2)c(C#N)c1. The molecule has 12 aromatic rings. The highest BCUT2D eigenvalue weighted by Crippen LogP contribution is 2.42. The molecule has 0 saturated heterocycles. The number of pyridine rings is 1. The predicted octanol–water partition coefficient (Wildman–Crippen LogP) is 13.3. The molecule has 10 nitrogen and oxygen atoms in total. The van der Waals surface area contributed by atoms with E-state index in [2.05, 4.69) is 75.9 Å². The van der Waals surface area contributed by atoms with Gasteiger partial charge < -0.3 is 9.13 Å². The fourth-order valence-corrected chi connectivity index (χ4v) is 9.69. The molecule has 70 heavy (non-hydrogen) atoms. The average molecular weight is 893 g/mol. The quantitative estimate of drug-likeness (QED) is 0.153.